The Morgan fingerprint density at radius 2 is 1.75 bits per heavy atom. The summed E-state index contributed by atoms with van der Waals surface area (Å²) < 4.78 is 25.7. The fourth-order valence-electron chi connectivity index (χ4n) is 2.83. The van der Waals surface area contributed by atoms with Crippen LogP contribution in [0.1, 0.15) is 29.2 Å². The highest BCUT2D eigenvalue weighted by Gasteiger charge is 2.29. The van der Waals surface area contributed by atoms with Crippen molar-refractivity contribution >= 4 is 9.84 Å². The minimum absolute atomic E-state index is 0.334. The number of aryl methyl sites for hydroxylation is 1. The third-order valence-corrected chi connectivity index (χ3v) is 5.87. The van der Waals surface area contributed by atoms with Gasteiger partial charge >= 0.3 is 0 Å². The van der Waals surface area contributed by atoms with E-state index in [2.05, 4.69) is 0 Å². The van der Waals surface area contributed by atoms with Gasteiger partial charge in [0.25, 0.3) is 0 Å². The highest BCUT2D eigenvalue weighted by molar-refractivity contribution is 7.91. The van der Waals surface area contributed by atoms with Gasteiger partial charge in [0.1, 0.15) is 0 Å². The molecule has 0 aromatic heterocycles. The molecular weight excluding hydrogens is 272 g/mol. The van der Waals surface area contributed by atoms with Crippen LogP contribution in [0.5, 0.6) is 0 Å². The second-order valence-electron chi connectivity index (χ2n) is 5.15. The summed E-state index contributed by atoms with van der Waals surface area (Å²) in [5, 5.41) is 9.90. The lowest BCUT2D eigenvalue weighted by molar-refractivity contribution is 0.180. The van der Waals surface area contributed by atoms with E-state index in [9.17, 15) is 13.5 Å². The van der Waals surface area contributed by atoms with Crippen LogP contribution < -0.4 is 0 Å². The Morgan fingerprint density at radius 3 is 2.50 bits per heavy atom. The zero-order valence-electron chi connectivity index (χ0n) is 11.2. The molecule has 104 valence electrons. The number of benzene rings is 2. The summed E-state index contributed by atoms with van der Waals surface area (Å²) in [5.74, 6) is 0. The molecule has 20 heavy (non-hydrogen) atoms. The van der Waals surface area contributed by atoms with Gasteiger partial charge in [0, 0.05) is 0 Å². The molecule has 4 heteroatoms. The van der Waals surface area contributed by atoms with E-state index in [1.54, 1.807) is 37.3 Å². The van der Waals surface area contributed by atoms with E-state index in [1.807, 2.05) is 12.1 Å². The molecular formula is C16H16O3S. The molecule has 0 saturated heterocycles. The predicted molar refractivity (Wildman–Crippen MR) is 76.4 cm³/mol. The predicted octanol–water partition coefficient (Wildman–Crippen LogP) is 2.81. The number of aliphatic hydroxyl groups is 1. The minimum atomic E-state index is -3.53. The average Bonchev–Trinajstić information content (AvgIpc) is 2.81. The first kappa shape index (κ1) is 13.3. The van der Waals surface area contributed by atoms with Crippen LogP contribution in [0.3, 0.4) is 0 Å². The molecule has 1 aliphatic rings. The zero-order chi connectivity index (χ0) is 14.3. The van der Waals surface area contributed by atoms with Crippen LogP contribution in [-0.4, -0.2) is 13.5 Å². The molecule has 2 aromatic rings. The monoisotopic (exact) mass is 288 g/mol. The van der Waals surface area contributed by atoms with Gasteiger partial charge in [0.2, 0.25) is 9.84 Å². The van der Waals surface area contributed by atoms with E-state index in [0.717, 1.165) is 16.7 Å². The van der Waals surface area contributed by atoms with E-state index in [4.69, 9.17) is 0 Å². The standard InChI is InChI=1S/C16H16O3S/c1-11-5-2-3-7-15(11)20(18,19)16-8-4-6-12-13(16)9-10-14(12)17/h2-8,14,17H,9-10H2,1H3. The summed E-state index contributed by atoms with van der Waals surface area (Å²) in [5.41, 5.74) is 2.26. The zero-order valence-corrected chi connectivity index (χ0v) is 12.0. The Hall–Kier alpha value is -1.65. The van der Waals surface area contributed by atoms with Gasteiger partial charge in [0.15, 0.2) is 0 Å². The molecule has 0 bridgehead atoms. The molecule has 1 unspecified atom stereocenters. The maximum absolute atomic E-state index is 12.8. The molecule has 0 aliphatic heterocycles. The van der Waals surface area contributed by atoms with Crippen molar-refractivity contribution in [1.82, 2.24) is 0 Å². The van der Waals surface area contributed by atoms with Gasteiger partial charge in [-0.3, -0.25) is 0 Å². The van der Waals surface area contributed by atoms with Gasteiger partial charge in [-0.15, -0.1) is 0 Å². The molecule has 3 rings (SSSR count). The lowest BCUT2D eigenvalue weighted by Crippen LogP contribution is -2.07. The molecule has 3 nitrogen and oxygen atoms in total. The maximum Gasteiger partial charge on any atom is 0.207 e. The summed E-state index contributed by atoms with van der Waals surface area (Å²) >= 11 is 0. The molecule has 0 spiro atoms. The van der Waals surface area contributed by atoms with Crippen LogP contribution in [0.2, 0.25) is 0 Å². The summed E-state index contributed by atoms with van der Waals surface area (Å²) in [6, 6.07) is 12.1. The third-order valence-electron chi connectivity index (χ3n) is 3.87. The molecule has 2 aromatic carbocycles. The normalized spacial score (nSPS) is 18.0. The maximum atomic E-state index is 12.8. The number of hydrogen-bond acceptors (Lipinski definition) is 3. The lowest BCUT2D eigenvalue weighted by Gasteiger charge is -2.12. The Kier molecular flexibility index (Phi) is 3.15. The first-order chi connectivity index (χ1) is 9.51. The SMILES string of the molecule is Cc1ccccc1S(=O)(=O)c1cccc2c1CCC2O. The topological polar surface area (TPSA) is 54.4 Å². The van der Waals surface area contributed by atoms with Gasteiger partial charge < -0.3 is 5.11 Å². The van der Waals surface area contributed by atoms with E-state index in [0.29, 0.717) is 22.6 Å². The quantitative estimate of drug-likeness (QED) is 0.924. The van der Waals surface area contributed by atoms with E-state index in [-0.39, 0.29) is 0 Å². The summed E-state index contributed by atoms with van der Waals surface area (Å²) in [6.07, 6.45) is 0.657. The molecule has 1 N–H and O–H groups in total. The van der Waals surface area contributed by atoms with Crippen LogP contribution in [0, 0.1) is 6.92 Å². The van der Waals surface area contributed by atoms with Gasteiger partial charge in [0.05, 0.1) is 15.9 Å². The van der Waals surface area contributed by atoms with Crippen molar-refractivity contribution in [2.45, 2.75) is 35.7 Å². The first-order valence-electron chi connectivity index (χ1n) is 6.62. The number of hydrogen-bond donors (Lipinski definition) is 1. The fourth-order valence-corrected chi connectivity index (χ4v) is 4.62. The van der Waals surface area contributed by atoms with Gasteiger partial charge in [-0.05, 0) is 48.6 Å². The second-order valence-corrected chi connectivity index (χ2v) is 7.03. The van der Waals surface area contributed by atoms with Crippen molar-refractivity contribution in [3.8, 4) is 0 Å². The average molecular weight is 288 g/mol. The molecule has 1 aliphatic carbocycles. The molecule has 0 saturated carbocycles. The van der Waals surface area contributed by atoms with Crippen molar-refractivity contribution in [3.05, 3.63) is 59.2 Å². The number of sulfone groups is 1. The smallest absolute Gasteiger partial charge is 0.207 e. The fraction of sp³-hybridized carbons (Fsp3) is 0.250. The minimum Gasteiger partial charge on any atom is -0.388 e. The van der Waals surface area contributed by atoms with E-state index in [1.165, 1.54) is 0 Å². The van der Waals surface area contributed by atoms with Gasteiger partial charge in [-0.25, -0.2) is 8.42 Å². The Morgan fingerprint density at radius 1 is 1.05 bits per heavy atom. The van der Waals surface area contributed by atoms with E-state index < -0.39 is 15.9 Å². The van der Waals surface area contributed by atoms with Crippen LogP contribution in [0.25, 0.3) is 0 Å². The van der Waals surface area contributed by atoms with Gasteiger partial charge in [-0.1, -0.05) is 30.3 Å². The molecule has 1 atom stereocenters. The molecule has 0 radical (unpaired) electrons. The van der Waals surface area contributed by atoms with Crippen molar-refractivity contribution in [3.63, 3.8) is 0 Å². The summed E-state index contributed by atoms with van der Waals surface area (Å²) in [6.45, 7) is 1.80. The van der Waals surface area contributed by atoms with Crippen LogP contribution in [0.15, 0.2) is 52.3 Å². The highest BCUT2D eigenvalue weighted by Crippen LogP contribution is 2.37. The van der Waals surface area contributed by atoms with E-state index >= 15 is 0 Å². The molecule has 0 amide bonds. The van der Waals surface area contributed by atoms with Gasteiger partial charge in [-0.2, -0.15) is 0 Å². The highest BCUT2D eigenvalue weighted by atomic mass is 32.2. The number of aliphatic hydroxyl groups excluding tert-OH is 1. The Labute approximate surface area is 118 Å². The number of fused-ring (bicyclic) bond motifs is 1. The lowest BCUT2D eigenvalue weighted by atomic mass is 10.1. The molecule has 0 heterocycles. The van der Waals surface area contributed by atoms with Crippen molar-refractivity contribution in [2.75, 3.05) is 0 Å². The Balaban J connectivity index is 2.22. The van der Waals surface area contributed by atoms with Crippen LogP contribution in [0.4, 0.5) is 0 Å². The van der Waals surface area contributed by atoms with Crippen LogP contribution in [-0.2, 0) is 16.3 Å². The van der Waals surface area contributed by atoms with Crippen molar-refractivity contribution in [2.24, 2.45) is 0 Å². The van der Waals surface area contributed by atoms with Crippen molar-refractivity contribution < 1.29 is 13.5 Å². The first-order valence-corrected chi connectivity index (χ1v) is 8.10. The number of rotatable bonds is 2. The summed E-state index contributed by atoms with van der Waals surface area (Å²) in [7, 11) is -3.53. The Bertz CT molecular complexity index is 763. The van der Waals surface area contributed by atoms with Crippen LogP contribution >= 0.6 is 0 Å². The van der Waals surface area contributed by atoms with Crippen molar-refractivity contribution in [1.29, 1.82) is 0 Å². The third kappa shape index (κ3) is 1.96. The second kappa shape index (κ2) is 4.72. The largest absolute Gasteiger partial charge is 0.388 e. The summed E-state index contributed by atoms with van der Waals surface area (Å²) in [4.78, 5) is 0.677. The molecule has 0 fully saturated rings.